The molecule has 0 atom stereocenters. The van der Waals surface area contributed by atoms with Gasteiger partial charge in [-0.2, -0.15) is 0 Å². The Bertz CT molecular complexity index is 1090. The normalized spacial score (nSPS) is 14.0. The van der Waals surface area contributed by atoms with Gasteiger partial charge in [-0.1, -0.05) is 47.7 Å². The van der Waals surface area contributed by atoms with E-state index in [-0.39, 0.29) is 17.0 Å². The summed E-state index contributed by atoms with van der Waals surface area (Å²) >= 11 is 1.36. The van der Waals surface area contributed by atoms with Gasteiger partial charge < -0.3 is 0 Å². The summed E-state index contributed by atoms with van der Waals surface area (Å²) in [6.07, 6.45) is 2.22. The van der Waals surface area contributed by atoms with Gasteiger partial charge >= 0.3 is 0 Å². The van der Waals surface area contributed by atoms with E-state index in [1.54, 1.807) is 12.1 Å². The molecule has 1 amide bonds. The van der Waals surface area contributed by atoms with Crippen LogP contribution in [0.3, 0.4) is 0 Å². The van der Waals surface area contributed by atoms with Crippen molar-refractivity contribution in [2.24, 2.45) is 0 Å². The van der Waals surface area contributed by atoms with Crippen LogP contribution in [0.4, 0.5) is 5.13 Å². The zero-order valence-electron chi connectivity index (χ0n) is 14.8. The Morgan fingerprint density at radius 1 is 1.07 bits per heavy atom. The average Bonchev–Trinajstić information content (AvgIpc) is 3.47. The third kappa shape index (κ3) is 4.44. The number of anilines is 1. The van der Waals surface area contributed by atoms with Gasteiger partial charge in [-0.25, -0.2) is 13.1 Å². The first-order valence-electron chi connectivity index (χ1n) is 8.80. The number of hydrogen-bond acceptors (Lipinski definition) is 6. The van der Waals surface area contributed by atoms with Gasteiger partial charge in [0.15, 0.2) is 0 Å². The third-order valence-corrected chi connectivity index (χ3v) is 6.70. The van der Waals surface area contributed by atoms with E-state index >= 15 is 0 Å². The Labute approximate surface area is 166 Å². The van der Waals surface area contributed by atoms with E-state index in [0.717, 1.165) is 23.4 Å². The van der Waals surface area contributed by atoms with Gasteiger partial charge in [0, 0.05) is 18.0 Å². The second-order valence-electron chi connectivity index (χ2n) is 6.51. The molecule has 0 bridgehead atoms. The predicted octanol–water partition coefficient (Wildman–Crippen LogP) is 3.15. The molecule has 9 heteroatoms. The van der Waals surface area contributed by atoms with Gasteiger partial charge in [0.1, 0.15) is 5.01 Å². The highest BCUT2D eigenvalue weighted by atomic mass is 32.2. The molecule has 0 spiro atoms. The van der Waals surface area contributed by atoms with Crippen molar-refractivity contribution in [3.63, 3.8) is 0 Å². The van der Waals surface area contributed by atoms with Crippen LogP contribution in [0.2, 0.25) is 0 Å². The lowest BCUT2D eigenvalue weighted by Crippen LogP contribution is -2.23. The Balaban J connectivity index is 1.45. The number of sulfonamides is 1. The van der Waals surface area contributed by atoms with Gasteiger partial charge in [-0.3, -0.25) is 10.1 Å². The number of nitrogens with one attached hydrogen (secondary N) is 2. The molecule has 0 saturated heterocycles. The number of amides is 1. The molecule has 1 heterocycles. The maximum Gasteiger partial charge on any atom is 0.257 e. The molecular formula is C19H18N4O3S2. The maximum absolute atomic E-state index is 12.6. The molecule has 1 fully saturated rings. The van der Waals surface area contributed by atoms with Crippen LogP contribution in [0, 0.1) is 0 Å². The van der Waals surface area contributed by atoms with E-state index in [4.69, 9.17) is 0 Å². The fraction of sp³-hybridized carbons (Fsp3) is 0.211. The Kier molecular flexibility index (Phi) is 5.21. The summed E-state index contributed by atoms with van der Waals surface area (Å²) in [4.78, 5) is 12.5. The van der Waals surface area contributed by atoms with Crippen molar-refractivity contribution in [3.05, 3.63) is 70.7 Å². The molecule has 1 saturated carbocycles. The van der Waals surface area contributed by atoms with Gasteiger partial charge in [0.05, 0.1) is 4.90 Å². The minimum Gasteiger partial charge on any atom is -0.296 e. The van der Waals surface area contributed by atoms with Crippen LogP contribution in [0.25, 0.3) is 0 Å². The van der Waals surface area contributed by atoms with Gasteiger partial charge in [-0.15, -0.1) is 10.2 Å². The summed E-state index contributed by atoms with van der Waals surface area (Å²) in [5, 5.41) is 12.1. The minimum atomic E-state index is -3.74. The molecule has 2 aromatic carbocycles. The molecule has 1 aliphatic carbocycles. The zero-order valence-corrected chi connectivity index (χ0v) is 16.5. The molecule has 4 rings (SSSR count). The lowest BCUT2D eigenvalue weighted by molar-refractivity contribution is 0.102. The smallest absolute Gasteiger partial charge is 0.257 e. The molecule has 0 radical (unpaired) electrons. The number of nitrogens with zero attached hydrogens (tertiary/aromatic N) is 2. The van der Waals surface area contributed by atoms with Crippen molar-refractivity contribution < 1.29 is 13.2 Å². The topological polar surface area (TPSA) is 101 Å². The lowest BCUT2D eigenvalue weighted by Gasteiger charge is -2.08. The summed E-state index contributed by atoms with van der Waals surface area (Å²) < 4.78 is 27.7. The lowest BCUT2D eigenvalue weighted by atomic mass is 10.2. The van der Waals surface area contributed by atoms with Crippen molar-refractivity contribution in [2.45, 2.75) is 30.2 Å². The van der Waals surface area contributed by atoms with E-state index < -0.39 is 15.9 Å². The van der Waals surface area contributed by atoms with Gasteiger partial charge in [0.25, 0.3) is 5.91 Å². The predicted molar refractivity (Wildman–Crippen MR) is 107 cm³/mol. The second kappa shape index (κ2) is 7.78. The molecule has 144 valence electrons. The highest BCUT2D eigenvalue weighted by Crippen LogP contribution is 2.42. The molecule has 0 aliphatic heterocycles. The summed E-state index contributed by atoms with van der Waals surface area (Å²) in [5.74, 6) is 0.0471. The van der Waals surface area contributed by atoms with Gasteiger partial charge in [-0.05, 0) is 36.6 Å². The van der Waals surface area contributed by atoms with E-state index in [9.17, 15) is 13.2 Å². The molecular weight excluding hydrogens is 396 g/mol. The number of aromatic nitrogens is 2. The van der Waals surface area contributed by atoms with E-state index in [1.165, 1.54) is 23.5 Å². The monoisotopic (exact) mass is 414 g/mol. The number of hydrogen-bond donors (Lipinski definition) is 2. The minimum absolute atomic E-state index is 0.0343. The Morgan fingerprint density at radius 2 is 1.86 bits per heavy atom. The number of benzene rings is 2. The first kappa shape index (κ1) is 18.7. The fourth-order valence-electron chi connectivity index (χ4n) is 2.61. The molecule has 3 aromatic rings. The Morgan fingerprint density at radius 3 is 2.61 bits per heavy atom. The third-order valence-electron chi connectivity index (χ3n) is 4.30. The highest BCUT2D eigenvalue weighted by Gasteiger charge is 2.28. The van der Waals surface area contributed by atoms with Crippen LogP contribution in [-0.4, -0.2) is 24.5 Å². The van der Waals surface area contributed by atoms with Crippen LogP contribution >= 0.6 is 11.3 Å². The SMILES string of the molecule is O=C(Nc1nnc(C2CC2)s1)c1cccc(S(=O)(=O)NCc2ccccc2)c1. The first-order chi connectivity index (χ1) is 13.5. The van der Waals surface area contributed by atoms with Crippen molar-refractivity contribution >= 4 is 32.4 Å². The summed E-state index contributed by atoms with van der Waals surface area (Å²) in [6.45, 7) is 0.175. The fourth-order valence-corrected chi connectivity index (χ4v) is 4.58. The van der Waals surface area contributed by atoms with Crippen LogP contribution in [-0.2, 0) is 16.6 Å². The molecule has 1 aromatic heterocycles. The summed E-state index contributed by atoms with van der Waals surface area (Å²) in [7, 11) is -3.74. The van der Waals surface area contributed by atoms with E-state index in [1.807, 2.05) is 30.3 Å². The number of rotatable bonds is 7. The Hall–Kier alpha value is -2.62. The highest BCUT2D eigenvalue weighted by molar-refractivity contribution is 7.89. The summed E-state index contributed by atoms with van der Waals surface area (Å²) in [5.41, 5.74) is 1.09. The van der Waals surface area contributed by atoms with Crippen LogP contribution in [0.1, 0.15) is 39.7 Å². The zero-order chi connectivity index (χ0) is 19.6. The number of carbonyl (C=O) groups excluding carboxylic acids is 1. The number of carbonyl (C=O) groups is 1. The molecule has 7 nitrogen and oxygen atoms in total. The first-order valence-corrected chi connectivity index (χ1v) is 11.1. The van der Waals surface area contributed by atoms with Crippen LogP contribution in [0.15, 0.2) is 59.5 Å². The second-order valence-corrected chi connectivity index (χ2v) is 9.29. The quantitative estimate of drug-likeness (QED) is 0.618. The molecule has 2 N–H and O–H groups in total. The van der Waals surface area contributed by atoms with Crippen molar-refractivity contribution in [2.75, 3.05) is 5.32 Å². The summed E-state index contributed by atoms with van der Waals surface area (Å²) in [6, 6.07) is 15.1. The van der Waals surface area contributed by atoms with Crippen LogP contribution < -0.4 is 10.0 Å². The van der Waals surface area contributed by atoms with Crippen molar-refractivity contribution in [1.82, 2.24) is 14.9 Å². The van der Waals surface area contributed by atoms with E-state index in [0.29, 0.717) is 11.0 Å². The molecule has 0 unspecified atom stereocenters. The average molecular weight is 415 g/mol. The van der Waals surface area contributed by atoms with Crippen molar-refractivity contribution in [3.8, 4) is 0 Å². The van der Waals surface area contributed by atoms with Crippen LogP contribution in [0.5, 0.6) is 0 Å². The van der Waals surface area contributed by atoms with E-state index in [2.05, 4.69) is 20.2 Å². The molecule has 28 heavy (non-hydrogen) atoms. The standard InChI is InChI=1S/C19H18N4O3S2/c24-17(21-19-23-22-18(27-19)14-9-10-14)15-7-4-8-16(11-15)28(25,26)20-12-13-5-2-1-3-6-13/h1-8,11,14,20H,9-10,12H2,(H,21,23,24). The molecule has 1 aliphatic rings. The van der Waals surface area contributed by atoms with Crippen molar-refractivity contribution in [1.29, 1.82) is 0 Å². The maximum atomic E-state index is 12.6. The van der Waals surface area contributed by atoms with Gasteiger partial charge in [0.2, 0.25) is 15.2 Å². The largest absolute Gasteiger partial charge is 0.296 e.